The number of amidine groups is 1. The molecule has 1 aliphatic rings. The Morgan fingerprint density at radius 1 is 1.28 bits per heavy atom. The Hall–Kier alpha value is -3.41. The smallest absolute Gasteiger partial charge is 0.329 e. The molecule has 1 saturated carbocycles. The number of hydrogen-bond acceptors (Lipinski definition) is 8. The van der Waals surface area contributed by atoms with Gasteiger partial charge in [-0.1, -0.05) is 5.16 Å². The first-order chi connectivity index (χ1) is 15.3. The molecular weight excluding hydrogens is 443 g/mol. The summed E-state index contributed by atoms with van der Waals surface area (Å²) >= 11 is 1.26. The second-order valence-corrected chi connectivity index (χ2v) is 8.17. The molecule has 3 heterocycles. The van der Waals surface area contributed by atoms with Crippen LogP contribution in [0.15, 0.2) is 51.4 Å². The Morgan fingerprint density at radius 3 is 2.66 bits per heavy atom. The molecular formula is C20H18F3N7OS. The van der Waals surface area contributed by atoms with E-state index in [4.69, 9.17) is 0 Å². The van der Waals surface area contributed by atoms with Gasteiger partial charge in [-0.05, 0) is 38.6 Å². The van der Waals surface area contributed by atoms with Gasteiger partial charge in [-0.15, -0.1) is 11.3 Å². The second kappa shape index (κ2) is 8.99. The standard InChI is InChI=1S/C20H18F3N7OS/c1-12(25-8-7-24-2)30(14-9-26-17(27-10-14)13-3-4-13)11-15-5-6-16(32-15)18-28-19(31-29-18)20(21,22)23/h5-10,13H,2-4,11H2,1H3/b8-7-,25-12?. The first kappa shape index (κ1) is 21.8. The summed E-state index contributed by atoms with van der Waals surface area (Å²) < 4.78 is 42.5. The molecule has 0 aliphatic heterocycles. The van der Waals surface area contributed by atoms with E-state index in [1.807, 2.05) is 11.8 Å². The molecule has 0 radical (unpaired) electrons. The molecule has 8 nitrogen and oxygen atoms in total. The van der Waals surface area contributed by atoms with Crippen molar-refractivity contribution in [2.24, 2.45) is 9.98 Å². The van der Waals surface area contributed by atoms with Crippen molar-refractivity contribution >= 4 is 29.6 Å². The van der Waals surface area contributed by atoms with Gasteiger partial charge in [0.15, 0.2) is 0 Å². The highest BCUT2D eigenvalue weighted by atomic mass is 32.1. The first-order valence-corrected chi connectivity index (χ1v) is 10.4. The SMILES string of the molecule is C=N/C=C\N=C(C)N(Cc1ccc(-c2noc(C(F)(F)F)n2)s1)c1cnc(C2CC2)nc1. The zero-order chi connectivity index (χ0) is 22.7. The number of alkyl halides is 3. The lowest BCUT2D eigenvalue weighted by molar-refractivity contribution is -0.159. The van der Waals surface area contributed by atoms with Crippen molar-refractivity contribution < 1.29 is 17.7 Å². The fourth-order valence-corrected chi connectivity index (χ4v) is 3.77. The quantitative estimate of drug-likeness (QED) is 0.360. The molecule has 0 atom stereocenters. The summed E-state index contributed by atoms with van der Waals surface area (Å²) in [5.41, 5.74) is 0.740. The summed E-state index contributed by atoms with van der Waals surface area (Å²) in [6.45, 7) is 5.60. The maximum Gasteiger partial charge on any atom is 0.471 e. The number of thiophene rings is 1. The minimum atomic E-state index is -4.68. The number of aliphatic imine (C=N–C) groups is 2. The van der Waals surface area contributed by atoms with Crippen LogP contribution in [0.4, 0.5) is 18.9 Å². The second-order valence-electron chi connectivity index (χ2n) is 7.00. The molecule has 4 rings (SSSR count). The van der Waals surface area contributed by atoms with Crippen LogP contribution in [0.2, 0.25) is 0 Å². The first-order valence-electron chi connectivity index (χ1n) is 9.60. The minimum Gasteiger partial charge on any atom is -0.329 e. The summed E-state index contributed by atoms with van der Waals surface area (Å²) in [7, 11) is 0. The van der Waals surface area contributed by atoms with Crippen LogP contribution in [0.1, 0.15) is 42.3 Å². The van der Waals surface area contributed by atoms with Crippen molar-refractivity contribution in [3.05, 3.63) is 53.5 Å². The maximum atomic E-state index is 12.7. The Balaban J connectivity index is 1.58. The molecule has 3 aromatic rings. The molecule has 166 valence electrons. The topological polar surface area (TPSA) is 92.7 Å². The van der Waals surface area contributed by atoms with Gasteiger partial charge >= 0.3 is 12.1 Å². The number of aromatic nitrogens is 4. The molecule has 0 amide bonds. The molecule has 12 heteroatoms. The summed E-state index contributed by atoms with van der Waals surface area (Å²) in [4.78, 5) is 23.6. The van der Waals surface area contributed by atoms with Crippen LogP contribution < -0.4 is 4.90 Å². The van der Waals surface area contributed by atoms with E-state index in [-0.39, 0.29) is 5.82 Å². The monoisotopic (exact) mass is 461 g/mol. The molecule has 1 fully saturated rings. The highest BCUT2D eigenvalue weighted by Gasteiger charge is 2.38. The lowest BCUT2D eigenvalue weighted by atomic mass is 10.3. The summed E-state index contributed by atoms with van der Waals surface area (Å²) in [5, 5.41) is 3.44. The van der Waals surface area contributed by atoms with Crippen molar-refractivity contribution in [2.75, 3.05) is 4.90 Å². The van der Waals surface area contributed by atoms with Crippen molar-refractivity contribution in [1.29, 1.82) is 0 Å². The van der Waals surface area contributed by atoms with Crippen molar-refractivity contribution in [2.45, 2.75) is 38.4 Å². The van der Waals surface area contributed by atoms with Gasteiger partial charge in [0.05, 0.1) is 29.5 Å². The summed E-state index contributed by atoms with van der Waals surface area (Å²) in [6, 6.07) is 3.45. The maximum absolute atomic E-state index is 12.7. The van der Waals surface area contributed by atoms with E-state index in [1.54, 1.807) is 24.5 Å². The van der Waals surface area contributed by atoms with Gasteiger partial charge in [0.25, 0.3) is 0 Å². The van der Waals surface area contributed by atoms with Crippen LogP contribution in [-0.2, 0) is 12.7 Å². The average Bonchev–Trinajstić information content (AvgIpc) is 3.29. The predicted molar refractivity (Wildman–Crippen MR) is 115 cm³/mol. The van der Waals surface area contributed by atoms with Crippen molar-refractivity contribution in [1.82, 2.24) is 20.1 Å². The molecule has 3 aromatic heterocycles. The van der Waals surface area contributed by atoms with E-state index < -0.39 is 12.1 Å². The Bertz CT molecular complexity index is 1150. The van der Waals surface area contributed by atoms with Crippen molar-refractivity contribution in [3.63, 3.8) is 0 Å². The normalized spacial score (nSPS) is 14.8. The number of hydrogen-bond donors (Lipinski definition) is 0. The highest BCUT2D eigenvalue weighted by molar-refractivity contribution is 7.15. The average molecular weight is 461 g/mol. The molecule has 0 bridgehead atoms. The van der Waals surface area contributed by atoms with E-state index in [1.165, 1.54) is 23.7 Å². The van der Waals surface area contributed by atoms with Crippen LogP contribution in [0, 0.1) is 0 Å². The summed E-state index contributed by atoms with van der Waals surface area (Å²) in [5.74, 6) is 0.437. The largest absolute Gasteiger partial charge is 0.471 e. The fraction of sp³-hybridized carbons (Fsp3) is 0.300. The van der Waals surface area contributed by atoms with Gasteiger partial charge in [0.2, 0.25) is 5.82 Å². The number of rotatable bonds is 7. The Kier molecular flexibility index (Phi) is 6.12. The Morgan fingerprint density at radius 2 is 2.03 bits per heavy atom. The van der Waals surface area contributed by atoms with Crippen LogP contribution in [0.3, 0.4) is 0 Å². The number of halogens is 3. The van der Waals surface area contributed by atoms with Gasteiger partial charge in [0.1, 0.15) is 11.7 Å². The van der Waals surface area contributed by atoms with E-state index in [0.29, 0.717) is 23.2 Å². The van der Waals surface area contributed by atoms with E-state index >= 15 is 0 Å². The highest BCUT2D eigenvalue weighted by Crippen LogP contribution is 2.38. The van der Waals surface area contributed by atoms with Gasteiger partial charge in [-0.3, -0.25) is 4.99 Å². The van der Waals surface area contributed by atoms with Gasteiger partial charge in [-0.2, -0.15) is 18.2 Å². The van der Waals surface area contributed by atoms with E-state index in [2.05, 4.69) is 41.3 Å². The number of nitrogens with zero attached hydrogens (tertiary/aromatic N) is 7. The minimum absolute atomic E-state index is 0.109. The number of anilines is 1. The van der Waals surface area contributed by atoms with Crippen LogP contribution in [0.25, 0.3) is 10.7 Å². The van der Waals surface area contributed by atoms with Crippen molar-refractivity contribution in [3.8, 4) is 10.7 Å². The third-order valence-corrected chi connectivity index (χ3v) is 5.67. The fourth-order valence-electron chi connectivity index (χ4n) is 2.85. The van der Waals surface area contributed by atoms with Crippen LogP contribution in [0.5, 0.6) is 0 Å². The van der Waals surface area contributed by atoms with E-state index in [9.17, 15) is 13.2 Å². The van der Waals surface area contributed by atoms with Crippen LogP contribution in [-0.4, -0.2) is 32.7 Å². The third-order valence-electron chi connectivity index (χ3n) is 4.60. The molecule has 1 aliphatic carbocycles. The molecule has 0 N–H and O–H groups in total. The predicted octanol–water partition coefficient (Wildman–Crippen LogP) is 5.08. The summed E-state index contributed by atoms with van der Waals surface area (Å²) in [6.07, 6.45) is 4.01. The molecule has 0 aromatic carbocycles. The van der Waals surface area contributed by atoms with Gasteiger partial charge in [0, 0.05) is 23.2 Å². The molecule has 0 spiro atoms. The molecule has 32 heavy (non-hydrogen) atoms. The van der Waals surface area contributed by atoms with E-state index in [0.717, 1.165) is 29.2 Å². The van der Waals surface area contributed by atoms with Gasteiger partial charge in [-0.25, -0.2) is 15.0 Å². The molecule has 0 unspecified atom stereocenters. The van der Waals surface area contributed by atoms with Crippen LogP contribution >= 0.6 is 11.3 Å². The lowest BCUT2D eigenvalue weighted by Gasteiger charge is -2.23. The zero-order valence-electron chi connectivity index (χ0n) is 17.0. The Labute approximate surface area is 185 Å². The lowest BCUT2D eigenvalue weighted by Crippen LogP contribution is -2.28. The third kappa shape index (κ3) is 5.07. The zero-order valence-corrected chi connectivity index (χ0v) is 17.8. The van der Waals surface area contributed by atoms with Gasteiger partial charge < -0.3 is 9.42 Å². The molecule has 0 saturated heterocycles.